The van der Waals surface area contributed by atoms with E-state index in [0.29, 0.717) is 12.1 Å². The fourth-order valence-electron chi connectivity index (χ4n) is 3.63. The van der Waals surface area contributed by atoms with Crippen LogP contribution in [0.3, 0.4) is 0 Å². The Balaban J connectivity index is 1.98. The molecule has 0 spiro atoms. The second kappa shape index (κ2) is 6.71. The van der Waals surface area contributed by atoms with Crippen molar-refractivity contribution in [3.63, 3.8) is 0 Å². The van der Waals surface area contributed by atoms with Gasteiger partial charge in [0.15, 0.2) is 0 Å². The largest absolute Gasteiger partial charge is 0.481 e. The molecule has 2 unspecified atom stereocenters. The molecule has 1 saturated heterocycles. The van der Waals surface area contributed by atoms with Crippen molar-refractivity contribution in [3.05, 3.63) is 0 Å². The molecular formula is C15H28N2O2. The van der Waals surface area contributed by atoms with Gasteiger partial charge in [0, 0.05) is 31.2 Å². The lowest BCUT2D eigenvalue weighted by Gasteiger charge is -2.46. The van der Waals surface area contributed by atoms with Crippen LogP contribution in [-0.2, 0) is 4.79 Å². The number of nitrogens with zero attached hydrogens (tertiary/aromatic N) is 2. The van der Waals surface area contributed by atoms with Gasteiger partial charge in [-0.2, -0.15) is 0 Å². The smallest absolute Gasteiger partial charge is 0.304 e. The molecule has 2 fully saturated rings. The molecule has 0 aromatic rings. The number of hydrogen-bond donors (Lipinski definition) is 1. The maximum Gasteiger partial charge on any atom is 0.304 e. The number of rotatable bonds is 3. The first-order valence-corrected chi connectivity index (χ1v) is 7.75. The van der Waals surface area contributed by atoms with E-state index in [4.69, 9.17) is 5.11 Å². The van der Waals surface area contributed by atoms with Crippen molar-refractivity contribution in [2.75, 3.05) is 20.1 Å². The zero-order valence-corrected chi connectivity index (χ0v) is 12.3. The quantitative estimate of drug-likeness (QED) is 0.797. The number of carbonyl (C=O) groups is 1. The van der Waals surface area contributed by atoms with Crippen LogP contribution in [0.4, 0.5) is 0 Å². The first kappa shape index (κ1) is 14.8. The van der Waals surface area contributed by atoms with E-state index in [1.807, 2.05) is 0 Å². The normalized spacial score (nSPS) is 32.1. The summed E-state index contributed by atoms with van der Waals surface area (Å²) in [4.78, 5) is 15.8. The van der Waals surface area contributed by atoms with Gasteiger partial charge in [0.05, 0.1) is 6.42 Å². The minimum absolute atomic E-state index is 0.171. The minimum Gasteiger partial charge on any atom is -0.481 e. The van der Waals surface area contributed by atoms with Crippen LogP contribution in [0.5, 0.6) is 0 Å². The summed E-state index contributed by atoms with van der Waals surface area (Å²) in [6.07, 6.45) is 8.30. The second-order valence-electron chi connectivity index (χ2n) is 6.37. The van der Waals surface area contributed by atoms with E-state index in [-0.39, 0.29) is 12.5 Å². The molecule has 1 aliphatic carbocycles. The summed E-state index contributed by atoms with van der Waals surface area (Å²) in [7, 11) is 2.07. The van der Waals surface area contributed by atoms with Gasteiger partial charge in [0.25, 0.3) is 0 Å². The molecule has 110 valence electrons. The molecule has 0 radical (unpaired) electrons. The topological polar surface area (TPSA) is 43.8 Å². The summed E-state index contributed by atoms with van der Waals surface area (Å²) in [5.41, 5.74) is 0. The third-order valence-electron chi connectivity index (χ3n) is 4.97. The Morgan fingerprint density at radius 1 is 1.16 bits per heavy atom. The number of carboxylic acids is 1. The Kier molecular flexibility index (Phi) is 5.22. The molecule has 1 saturated carbocycles. The minimum atomic E-state index is -0.674. The van der Waals surface area contributed by atoms with Crippen LogP contribution >= 0.6 is 0 Å². The molecule has 0 aromatic heterocycles. The van der Waals surface area contributed by atoms with Crippen LogP contribution in [0.2, 0.25) is 0 Å². The molecule has 0 aromatic carbocycles. The number of aliphatic carboxylic acids is 1. The van der Waals surface area contributed by atoms with E-state index >= 15 is 0 Å². The third-order valence-corrected chi connectivity index (χ3v) is 4.97. The molecule has 1 N–H and O–H groups in total. The van der Waals surface area contributed by atoms with E-state index in [1.165, 1.54) is 38.5 Å². The molecule has 1 aliphatic heterocycles. The van der Waals surface area contributed by atoms with Crippen molar-refractivity contribution in [2.24, 2.45) is 0 Å². The number of carboxylic acid groups (broad SMARTS) is 1. The highest BCUT2D eigenvalue weighted by Gasteiger charge is 2.33. The van der Waals surface area contributed by atoms with E-state index in [0.717, 1.165) is 13.1 Å². The van der Waals surface area contributed by atoms with Crippen LogP contribution < -0.4 is 0 Å². The van der Waals surface area contributed by atoms with Crippen LogP contribution in [0.15, 0.2) is 0 Å². The number of hydrogen-bond acceptors (Lipinski definition) is 3. The number of piperazine rings is 1. The molecule has 4 nitrogen and oxygen atoms in total. The summed E-state index contributed by atoms with van der Waals surface area (Å²) >= 11 is 0. The van der Waals surface area contributed by atoms with Crippen LogP contribution in [0, 0.1) is 0 Å². The van der Waals surface area contributed by atoms with E-state index in [9.17, 15) is 4.79 Å². The lowest BCUT2D eigenvalue weighted by Crippen LogP contribution is -2.58. The van der Waals surface area contributed by atoms with Gasteiger partial charge in [-0.05, 0) is 26.8 Å². The Morgan fingerprint density at radius 2 is 1.79 bits per heavy atom. The lowest BCUT2D eigenvalue weighted by molar-refractivity contribution is -0.139. The molecule has 0 amide bonds. The predicted molar refractivity (Wildman–Crippen MR) is 76.3 cm³/mol. The highest BCUT2D eigenvalue weighted by atomic mass is 16.4. The van der Waals surface area contributed by atoms with Gasteiger partial charge in [-0.1, -0.05) is 25.7 Å². The maximum atomic E-state index is 11.0. The Bertz CT molecular complexity index is 301. The van der Waals surface area contributed by atoms with Crippen molar-refractivity contribution >= 4 is 5.97 Å². The van der Waals surface area contributed by atoms with Crippen LogP contribution in [-0.4, -0.2) is 59.1 Å². The summed E-state index contributed by atoms with van der Waals surface area (Å²) in [6, 6.07) is 1.32. The highest BCUT2D eigenvalue weighted by molar-refractivity contribution is 5.67. The molecule has 2 rings (SSSR count). The van der Waals surface area contributed by atoms with Crippen molar-refractivity contribution in [2.45, 2.75) is 70.0 Å². The SMILES string of the molecule is CC1CN(C2CCCCCC2)CC(CC(=O)O)N1C. The second-order valence-corrected chi connectivity index (χ2v) is 6.37. The lowest BCUT2D eigenvalue weighted by atomic mass is 9.99. The Morgan fingerprint density at radius 3 is 2.37 bits per heavy atom. The summed E-state index contributed by atoms with van der Waals surface area (Å²) < 4.78 is 0. The summed E-state index contributed by atoms with van der Waals surface area (Å²) in [5, 5.41) is 9.07. The number of likely N-dealkylation sites (N-methyl/N-ethyl adjacent to an activating group) is 1. The van der Waals surface area contributed by atoms with Crippen molar-refractivity contribution in [3.8, 4) is 0 Å². The van der Waals surface area contributed by atoms with Crippen molar-refractivity contribution in [1.82, 2.24) is 9.80 Å². The average Bonchev–Trinajstić information content (AvgIpc) is 2.63. The van der Waals surface area contributed by atoms with Crippen LogP contribution in [0.1, 0.15) is 51.9 Å². The monoisotopic (exact) mass is 268 g/mol. The molecule has 4 heteroatoms. The maximum absolute atomic E-state index is 11.0. The van der Waals surface area contributed by atoms with Gasteiger partial charge >= 0.3 is 5.97 Å². The van der Waals surface area contributed by atoms with Crippen LogP contribution in [0.25, 0.3) is 0 Å². The molecule has 2 atom stereocenters. The molecule has 1 heterocycles. The molecule has 2 aliphatic rings. The van der Waals surface area contributed by atoms with Gasteiger partial charge in [0.2, 0.25) is 0 Å². The molecule has 19 heavy (non-hydrogen) atoms. The van der Waals surface area contributed by atoms with Crippen molar-refractivity contribution in [1.29, 1.82) is 0 Å². The third kappa shape index (κ3) is 3.93. The predicted octanol–water partition coefficient (Wildman–Crippen LogP) is 2.19. The van der Waals surface area contributed by atoms with Gasteiger partial charge in [-0.3, -0.25) is 14.6 Å². The zero-order valence-electron chi connectivity index (χ0n) is 12.3. The van der Waals surface area contributed by atoms with E-state index < -0.39 is 5.97 Å². The summed E-state index contributed by atoms with van der Waals surface area (Å²) in [6.45, 7) is 4.24. The standard InChI is InChI=1S/C15H28N2O2/c1-12-10-17(13-7-5-3-4-6-8-13)11-14(16(12)2)9-15(18)19/h12-14H,3-11H2,1-2H3,(H,18,19). The van der Waals surface area contributed by atoms with Gasteiger partial charge < -0.3 is 5.11 Å². The Hall–Kier alpha value is -0.610. The first-order valence-electron chi connectivity index (χ1n) is 7.75. The van der Waals surface area contributed by atoms with E-state index in [2.05, 4.69) is 23.8 Å². The average molecular weight is 268 g/mol. The molecule has 0 bridgehead atoms. The first-order chi connectivity index (χ1) is 9.08. The van der Waals surface area contributed by atoms with E-state index in [1.54, 1.807) is 0 Å². The van der Waals surface area contributed by atoms with Crippen molar-refractivity contribution < 1.29 is 9.90 Å². The summed E-state index contributed by atoms with van der Waals surface area (Å²) in [5.74, 6) is -0.674. The zero-order chi connectivity index (χ0) is 13.8. The van der Waals surface area contributed by atoms with Gasteiger partial charge in [0.1, 0.15) is 0 Å². The Labute approximate surface area is 116 Å². The highest BCUT2D eigenvalue weighted by Crippen LogP contribution is 2.26. The van der Waals surface area contributed by atoms with Gasteiger partial charge in [-0.25, -0.2) is 0 Å². The molecular weight excluding hydrogens is 240 g/mol. The fraction of sp³-hybridized carbons (Fsp3) is 0.933. The van der Waals surface area contributed by atoms with Gasteiger partial charge in [-0.15, -0.1) is 0 Å². The fourth-order valence-corrected chi connectivity index (χ4v) is 3.63.